The number of nitrogens with zero attached hydrogens (tertiary/aromatic N) is 2. The number of nitrogens with two attached hydrogens (primary N) is 1. The van der Waals surface area contributed by atoms with E-state index >= 15 is 0 Å². The first-order chi connectivity index (χ1) is 5.38. The van der Waals surface area contributed by atoms with Crippen LogP contribution >= 0.6 is 12.4 Å². The lowest BCUT2D eigenvalue weighted by molar-refractivity contribution is 0.0665. The number of nitrogens with one attached hydrogen (secondary N) is 1. The van der Waals surface area contributed by atoms with Gasteiger partial charge in [0.25, 0.3) is 0 Å². The van der Waals surface area contributed by atoms with Crippen LogP contribution in [0.2, 0.25) is 0 Å². The van der Waals surface area contributed by atoms with Crippen LogP contribution in [0, 0.1) is 0 Å². The number of guanidine groups is 1. The molecule has 1 saturated heterocycles. The van der Waals surface area contributed by atoms with Crippen molar-refractivity contribution in [1.29, 1.82) is 0 Å². The molecule has 1 aliphatic rings. The van der Waals surface area contributed by atoms with Gasteiger partial charge >= 0.3 is 0 Å². The van der Waals surface area contributed by atoms with Gasteiger partial charge in [-0.3, -0.25) is 10.4 Å². The van der Waals surface area contributed by atoms with E-state index in [1.54, 1.807) is 7.05 Å². The second kappa shape index (κ2) is 6.05. The number of ether oxygens (including phenoxy) is 1. The third-order valence-corrected chi connectivity index (χ3v) is 1.65. The van der Waals surface area contributed by atoms with E-state index in [0.717, 1.165) is 32.3 Å². The van der Waals surface area contributed by atoms with Gasteiger partial charge in [0.05, 0.1) is 13.2 Å². The summed E-state index contributed by atoms with van der Waals surface area (Å²) < 4.78 is 5.17. The van der Waals surface area contributed by atoms with Gasteiger partial charge in [-0.05, 0) is 0 Å². The van der Waals surface area contributed by atoms with Crippen LogP contribution in [0.5, 0.6) is 0 Å². The molecule has 0 radical (unpaired) electrons. The van der Waals surface area contributed by atoms with Crippen LogP contribution in [0.15, 0.2) is 4.99 Å². The number of morpholine rings is 1. The molecule has 3 N–H and O–H groups in total. The Balaban J connectivity index is 0.00000121. The van der Waals surface area contributed by atoms with Gasteiger partial charge in [-0.2, -0.15) is 0 Å². The van der Waals surface area contributed by atoms with Crippen molar-refractivity contribution in [2.24, 2.45) is 10.8 Å². The summed E-state index contributed by atoms with van der Waals surface area (Å²) in [5.41, 5.74) is 2.54. The minimum atomic E-state index is 0. The van der Waals surface area contributed by atoms with Crippen molar-refractivity contribution in [3.05, 3.63) is 0 Å². The van der Waals surface area contributed by atoms with Gasteiger partial charge in [0.15, 0.2) is 0 Å². The van der Waals surface area contributed by atoms with Crippen LogP contribution in [-0.4, -0.2) is 44.2 Å². The molecule has 0 atom stereocenters. The maximum atomic E-state index is 5.25. The topological polar surface area (TPSA) is 62.9 Å². The minimum absolute atomic E-state index is 0. The van der Waals surface area contributed by atoms with Crippen molar-refractivity contribution >= 4 is 18.4 Å². The first-order valence-electron chi connectivity index (χ1n) is 3.64. The first kappa shape index (κ1) is 11.5. The summed E-state index contributed by atoms with van der Waals surface area (Å²) in [4.78, 5) is 6.04. The molecule has 6 heteroatoms. The van der Waals surface area contributed by atoms with E-state index in [0.29, 0.717) is 0 Å². The number of rotatable bonds is 0. The number of halogens is 1. The molecule has 12 heavy (non-hydrogen) atoms. The lowest BCUT2D eigenvalue weighted by atomic mass is 10.4. The maximum Gasteiger partial charge on any atom is 0.208 e. The standard InChI is InChI=1S/C6H14N4O.ClH/c1-8-6(9-7)10-2-4-11-5-3-10;/h2-5,7H2,1H3,(H,8,9);1H. The number of aliphatic imine (C=N–C) groups is 1. The molecule has 0 bridgehead atoms. The van der Waals surface area contributed by atoms with Gasteiger partial charge < -0.3 is 9.64 Å². The van der Waals surface area contributed by atoms with Crippen LogP contribution in [-0.2, 0) is 4.74 Å². The zero-order valence-corrected chi connectivity index (χ0v) is 7.93. The monoisotopic (exact) mass is 194 g/mol. The number of hydrogen-bond acceptors (Lipinski definition) is 3. The molecule has 0 saturated carbocycles. The molecule has 1 fully saturated rings. The summed E-state index contributed by atoms with van der Waals surface area (Å²) in [5.74, 6) is 5.98. The minimum Gasteiger partial charge on any atom is -0.378 e. The SMILES string of the molecule is CN=C(NN)N1CCOCC1.Cl. The molecule has 72 valence electrons. The van der Waals surface area contributed by atoms with Gasteiger partial charge in [0, 0.05) is 20.1 Å². The molecule has 0 aromatic heterocycles. The summed E-state index contributed by atoms with van der Waals surface area (Å²) in [6, 6.07) is 0. The van der Waals surface area contributed by atoms with E-state index in [9.17, 15) is 0 Å². The molecular formula is C6H15ClN4O. The molecule has 0 aliphatic carbocycles. The van der Waals surface area contributed by atoms with Gasteiger partial charge in [-0.1, -0.05) is 0 Å². The van der Waals surface area contributed by atoms with Crippen molar-refractivity contribution in [2.45, 2.75) is 0 Å². The van der Waals surface area contributed by atoms with Gasteiger partial charge in [0.1, 0.15) is 0 Å². The van der Waals surface area contributed by atoms with Crippen LogP contribution in [0.3, 0.4) is 0 Å². The van der Waals surface area contributed by atoms with Crippen molar-refractivity contribution in [3.63, 3.8) is 0 Å². The molecule has 0 unspecified atom stereocenters. The number of hydrogen-bond donors (Lipinski definition) is 2. The fourth-order valence-corrected chi connectivity index (χ4v) is 1.07. The zero-order chi connectivity index (χ0) is 8.10. The Labute approximate surface area is 78.3 Å². The van der Waals surface area contributed by atoms with Crippen LogP contribution in [0.1, 0.15) is 0 Å². The molecule has 0 aromatic carbocycles. The normalized spacial score (nSPS) is 18.5. The van der Waals surface area contributed by atoms with Crippen LogP contribution in [0.4, 0.5) is 0 Å². The maximum absolute atomic E-state index is 5.25. The Morgan fingerprint density at radius 3 is 2.50 bits per heavy atom. The van der Waals surface area contributed by atoms with E-state index in [-0.39, 0.29) is 12.4 Å². The van der Waals surface area contributed by atoms with Crippen LogP contribution < -0.4 is 11.3 Å². The molecule has 0 spiro atoms. The third kappa shape index (κ3) is 2.84. The third-order valence-electron chi connectivity index (χ3n) is 1.65. The van der Waals surface area contributed by atoms with E-state index < -0.39 is 0 Å². The van der Waals surface area contributed by atoms with Crippen molar-refractivity contribution in [2.75, 3.05) is 33.4 Å². The lowest BCUT2D eigenvalue weighted by Gasteiger charge is -2.28. The summed E-state index contributed by atoms with van der Waals surface area (Å²) in [6.07, 6.45) is 0. The summed E-state index contributed by atoms with van der Waals surface area (Å²) >= 11 is 0. The molecule has 1 rings (SSSR count). The average molecular weight is 195 g/mol. The Morgan fingerprint density at radius 2 is 2.08 bits per heavy atom. The van der Waals surface area contributed by atoms with Crippen molar-refractivity contribution in [3.8, 4) is 0 Å². The van der Waals surface area contributed by atoms with Gasteiger partial charge in [0.2, 0.25) is 5.96 Å². The van der Waals surface area contributed by atoms with Gasteiger partial charge in [-0.25, -0.2) is 5.84 Å². The molecule has 0 amide bonds. The van der Waals surface area contributed by atoms with E-state index in [2.05, 4.69) is 15.3 Å². The van der Waals surface area contributed by atoms with Crippen LogP contribution in [0.25, 0.3) is 0 Å². The van der Waals surface area contributed by atoms with E-state index in [1.807, 2.05) is 0 Å². The molecule has 1 heterocycles. The second-order valence-electron chi connectivity index (χ2n) is 2.29. The summed E-state index contributed by atoms with van der Waals surface area (Å²) in [6.45, 7) is 3.22. The smallest absolute Gasteiger partial charge is 0.208 e. The Kier molecular flexibility index (Phi) is 5.79. The fraction of sp³-hybridized carbons (Fsp3) is 0.833. The van der Waals surface area contributed by atoms with E-state index in [4.69, 9.17) is 10.6 Å². The first-order valence-corrected chi connectivity index (χ1v) is 3.64. The molecule has 0 aromatic rings. The highest BCUT2D eigenvalue weighted by Crippen LogP contribution is 1.95. The Bertz CT molecular complexity index is 146. The summed E-state index contributed by atoms with van der Waals surface area (Å²) in [7, 11) is 1.71. The highest BCUT2D eigenvalue weighted by molar-refractivity contribution is 5.85. The largest absolute Gasteiger partial charge is 0.378 e. The predicted octanol–water partition coefficient (Wildman–Crippen LogP) is -0.810. The fourth-order valence-electron chi connectivity index (χ4n) is 1.07. The second-order valence-corrected chi connectivity index (χ2v) is 2.29. The molecule has 1 aliphatic heterocycles. The average Bonchev–Trinajstić information content (AvgIpc) is 2.09. The Hall–Kier alpha value is -0.520. The van der Waals surface area contributed by atoms with E-state index in [1.165, 1.54) is 0 Å². The highest BCUT2D eigenvalue weighted by Gasteiger charge is 2.12. The van der Waals surface area contributed by atoms with Crippen molar-refractivity contribution in [1.82, 2.24) is 10.3 Å². The zero-order valence-electron chi connectivity index (χ0n) is 7.12. The molecular weight excluding hydrogens is 180 g/mol. The quantitative estimate of drug-likeness (QED) is 0.229. The summed E-state index contributed by atoms with van der Waals surface area (Å²) in [5, 5.41) is 0. The van der Waals surface area contributed by atoms with Gasteiger partial charge in [-0.15, -0.1) is 12.4 Å². The number of hydrazine groups is 1. The predicted molar refractivity (Wildman–Crippen MR) is 50.3 cm³/mol. The lowest BCUT2D eigenvalue weighted by Crippen LogP contribution is -2.49. The van der Waals surface area contributed by atoms with Crippen molar-refractivity contribution < 1.29 is 4.74 Å². The Morgan fingerprint density at radius 1 is 1.50 bits per heavy atom. The molecule has 5 nitrogen and oxygen atoms in total. The highest BCUT2D eigenvalue weighted by atomic mass is 35.5.